The Bertz CT molecular complexity index is 717. The number of allylic oxidation sites excluding steroid dienone is 1. The second-order valence-corrected chi connectivity index (χ2v) is 4.78. The number of phenolic OH excluding ortho intramolecular Hbond substituents is 1. The van der Waals surface area contributed by atoms with E-state index in [-0.39, 0.29) is 17.1 Å². The molecule has 114 valence electrons. The van der Waals surface area contributed by atoms with E-state index in [0.717, 1.165) is 16.9 Å². The van der Waals surface area contributed by atoms with Crippen molar-refractivity contribution in [2.24, 2.45) is 0 Å². The average Bonchev–Trinajstić information content (AvgIpc) is 2.53. The summed E-state index contributed by atoms with van der Waals surface area (Å²) < 4.78 is 10.6. The lowest BCUT2D eigenvalue weighted by Crippen LogP contribution is -1.96. The maximum atomic E-state index is 12.1. The molecule has 0 unspecified atom stereocenters. The van der Waals surface area contributed by atoms with Crippen molar-refractivity contribution in [1.82, 2.24) is 0 Å². The Balaban J connectivity index is 2.32. The van der Waals surface area contributed by atoms with Crippen molar-refractivity contribution >= 4 is 11.9 Å². The Labute approximate surface area is 129 Å². The van der Waals surface area contributed by atoms with Crippen LogP contribution in [-0.2, 0) is 0 Å². The highest BCUT2D eigenvalue weighted by molar-refractivity contribution is 6.08. The number of carbonyl (C=O) groups excluding carboxylic acids is 1. The minimum absolute atomic E-state index is 0.0324. The van der Waals surface area contributed by atoms with Gasteiger partial charge in [0.05, 0.1) is 19.8 Å². The van der Waals surface area contributed by atoms with Crippen molar-refractivity contribution in [2.75, 3.05) is 14.2 Å². The van der Waals surface area contributed by atoms with Gasteiger partial charge >= 0.3 is 0 Å². The zero-order valence-corrected chi connectivity index (χ0v) is 12.8. The number of aryl methyl sites for hydroxylation is 1. The summed E-state index contributed by atoms with van der Waals surface area (Å²) in [4.78, 5) is 12.1. The molecule has 0 atom stereocenters. The molecule has 0 saturated carbocycles. The fourth-order valence-corrected chi connectivity index (χ4v) is 2.16. The molecule has 0 amide bonds. The van der Waals surface area contributed by atoms with Gasteiger partial charge in [-0.1, -0.05) is 12.1 Å². The van der Waals surface area contributed by atoms with Gasteiger partial charge in [-0.2, -0.15) is 0 Å². The van der Waals surface area contributed by atoms with Gasteiger partial charge in [-0.3, -0.25) is 4.79 Å². The van der Waals surface area contributed by atoms with Crippen molar-refractivity contribution in [3.63, 3.8) is 0 Å². The Morgan fingerprint density at radius 1 is 1.09 bits per heavy atom. The van der Waals surface area contributed by atoms with Gasteiger partial charge in [-0.15, -0.1) is 0 Å². The predicted molar refractivity (Wildman–Crippen MR) is 85.8 cm³/mol. The minimum atomic E-state index is -0.270. The van der Waals surface area contributed by atoms with E-state index in [1.165, 1.54) is 12.1 Å². The van der Waals surface area contributed by atoms with Gasteiger partial charge in [-0.05, 0) is 42.8 Å². The van der Waals surface area contributed by atoms with Crippen LogP contribution in [0.3, 0.4) is 0 Å². The number of hydrogen-bond acceptors (Lipinski definition) is 4. The number of ketones is 1. The molecule has 0 aliphatic heterocycles. The highest BCUT2D eigenvalue weighted by Gasteiger charge is 2.09. The van der Waals surface area contributed by atoms with Crippen molar-refractivity contribution < 1.29 is 19.4 Å². The van der Waals surface area contributed by atoms with Crippen molar-refractivity contribution in [3.05, 3.63) is 59.2 Å². The fraction of sp³-hybridized carbons (Fsp3) is 0.167. The maximum absolute atomic E-state index is 12.1. The van der Waals surface area contributed by atoms with E-state index >= 15 is 0 Å². The first-order valence-corrected chi connectivity index (χ1v) is 6.80. The number of aromatic hydroxyl groups is 1. The molecule has 0 spiro atoms. The topological polar surface area (TPSA) is 55.8 Å². The molecule has 4 heteroatoms. The molecule has 0 heterocycles. The van der Waals surface area contributed by atoms with Gasteiger partial charge in [0, 0.05) is 11.6 Å². The van der Waals surface area contributed by atoms with Gasteiger partial charge < -0.3 is 14.6 Å². The molecule has 2 rings (SSSR count). The summed E-state index contributed by atoms with van der Waals surface area (Å²) in [7, 11) is 3.16. The fourth-order valence-electron chi connectivity index (χ4n) is 2.16. The van der Waals surface area contributed by atoms with Crippen LogP contribution in [0.1, 0.15) is 21.5 Å². The largest absolute Gasteiger partial charge is 0.507 e. The third-order valence-electron chi connectivity index (χ3n) is 3.33. The number of hydrogen-bond donors (Lipinski definition) is 1. The summed E-state index contributed by atoms with van der Waals surface area (Å²) in [5.41, 5.74) is 1.98. The van der Waals surface area contributed by atoms with Crippen LogP contribution in [0.4, 0.5) is 0 Å². The molecule has 0 saturated heterocycles. The van der Waals surface area contributed by atoms with E-state index in [4.69, 9.17) is 9.47 Å². The maximum Gasteiger partial charge on any atom is 0.189 e. The second-order valence-electron chi connectivity index (χ2n) is 4.78. The quantitative estimate of drug-likeness (QED) is 0.676. The first kappa shape index (κ1) is 15.6. The van der Waals surface area contributed by atoms with Crippen LogP contribution in [0.25, 0.3) is 6.08 Å². The van der Waals surface area contributed by atoms with E-state index in [9.17, 15) is 9.90 Å². The first-order valence-electron chi connectivity index (χ1n) is 6.80. The summed E-state index contributed by atoms with van der Waals surface area (Å²) in [5.74, 6) is 1.04. The number of phenols is 1. The molecule has 1 N–H and O–H groups in total. The van der Waals surface area contributed by atoms with Gasteiger partial charge in [-0.25, -0.2) is 0 Å². The predicted octanol–water partition coefficient (Wildman–Crippen LogP) is 3.61. The SMILES string of the molecule is COc1cc(OC)c(/C=C/C(=O)c2ccccc2O)cc1C. The normalized spacial score (nSPS) is 10.7. The number of benzene rings is 2. The molecule has 22 heavy (non-hydrogen) atoms. The lowest BCUT2D eigenvalue weighted by atomic mass is 10.1. The standard InChI is InChI=1S/C18H18O4/c1-12-10-13(18(22-3)11-17(12)21-2)8-9-16(20)14-6-4-5-7-15(14)19/h4-11,19H,1-3H3/b9-8+. The van der Waals surface area contributed by atoms with E-state index in [1.807, 2.05) is 13.0 Å². The smallest absolute Gasteiger partial charge is 0.189 e. The van der Waals surface area contributed by atoms with Crippen molar-refractivity contribution in [2.45, 2.75) is 6.92 Å². The molecule has 0 fully saturated rings. The number of para-hydroxylation sites is 1. The van der Waals surface area contributed by atoms with Crippen LogP contribution in [-0.4, -0.2) is 25.1 Å². The van der Waals surface area contributed by atoms with Gasteiger partial charge in [0.25, 0.3) is 0 Å². The lowest BCUT2D eigenvalue weighted by Gasteiger charge is -2.10. The summed E-state index contributed by atoms with van der Waals surface area (Å²) in [6.45, 7) is 1.92. The Morgan fingerprint density at radius 2 is 1.77 bits per heavy atom. The van der Waals surface area contributed by atoms with Crippen LogP contribution in [0, 0.1) is 6.92 Å². The first-order chi connectivity index (χ1) is 10.6. The van der Waals surface area contributed by atoms with Crippen LogP contribution in [0.15, 0.2) is 42.5 Å². The zero-order chi connectivity index (χ0) is 16.1. The monoisotopic (exact) mass is 298 g/mol. The summed E-state index contributed by atoms with van der Waals surface area (Å²) >= 11 is 0. The highest BCUT2D eigenvalue weighted by atomic mass is 16.5. The minimum Gasteiger partial charge on any atom is -0.507 e. The molecular weight excluding hydrogens is 280 g/mol. The Kier molecular flexibility index (Phi) is 4.84. The Morgan fingerprint density at radius 3 is 2.41 bits per heavy atom. The molecule has 0 radical (unpaired) electrons. The van der Waals surface area contributed by atoms with Crippen LogP contribution in [0.2, 0.25) is 0 Å². The summed E-state index contributed by atoms with van der Waals surface area (Å²) in [5, 5.41) is 9.70. The molecule has 4 nitrogen and oxygen atoms in total. The molecule has 0 aliphatic carbocycles. The summed E-state index contributed by atoms with van der Waals surface area (Å²) in [6.07, 6.45) is 3.08. The number of ether oxygens (including phenoxy) is 2. The van der Waals surface area contributed by atoms with E-state index in [1.54, 1.807) is 44.6 Å². The molecule has 0 aliphatic rings. The second kappa shape index (κ2) is 6.80. The van der Waals surface area contributed by atoms with Gasteiger partial charge in [0.2, 0.25) is 0 Å². The molecule has 2 aromatic rings. The number of methoxy groups -OCH3 is 2. The number of carbonyl (C=O) groups is 1. The van der Waals surface area contributed by atoms with Crippen molar-refractivity contribution in [3.8, 4) is 17.2 Å². The molecule has 0 aromatic heterocycles. The third kappa shape index (κ3) is 3.28. The van der Waals surface area contributed by atoms with Gasteiger partial charge in [0.1, 0.15) is 17.2 Å². The van der Waals surface area contributed by atoms with Crippen LogP contribution >= 0.6 is 0 Å². The van der Waals surface area contributed by atoms with E-state index < -0.39 is 0 Å². The molecule has 0 bridgehead atoms. The zero-order valence-electron chi connectivity index (χ0n) is 12.8. The molecule has 2 aromatic carbocycles. The highest BCUT2D eigenvalue weighted by Crippen LogP contribution is 2.29. The molecular formula is C18H18O4. The number of rotatable bonds is 5. The van der Waals surface area contributed by atoms with E-state index in [0.29, 0.717) is 5.75 Å². The van der Waals surface area contributed by atoms with Crippen molar-refractivity contribution in [1.29, 1.82) is 0 Å². The van der Waals surface area contributed by atoms with Crippen LogP contribution < -0.4 is 9.47 Å². The van der Waals surface area contributed by atoms with Gasteiger partial charge in [0.15, 0.2) is 5.78 Å². The van der Waals surface area contributed by atoms with Crippen LogP contribution in [0.5, 0.6) is 17.2 Å². The third-order valence-corrected chi connectivity index (χ3v) is 3.33. The lowest BCUT2D eigenvalue weighted by molar-refractivity contribution is 0.104. The Hall–Kier alpha value is -2.75. The van der Waals surface area contributed by atoms with E-state index in [2.05, 4.69) is 0 Å². The summed E-state index contributed by atoms with van der Waals surface area (Å²) in [6, 6.07) is 10.1. The average molecular weight is 298 g/mol.